The second-order valence-corrected chi connectivity index (χ2v) is 9.21. The summed E-state index contributed by atoms with van der Waals surface area (Å²) in [4.78, 5) is 33.9. The topological polar surface area (TPSA) is 65.5 Å². The molecule has 1 aliphatic carbocycles. The molecule has 31 heavy (non-hydrogen) atoms. The average molecular weight is 419 g/mol. The molecule has 2 aromatic rings. The highest BCUT2D eigenvalue weighted by atomic mass is 16.2. The molecule has 6 nitrogen and oxygen atoms in total. The number of aromatic nitrogens is 1. The van der Waals surface area contributed by atoms with Crippen LogP contribution in [-0.2, 0) is 4.79 Å². The Labute approximate surface area is 183 Å². The van der Waals surface area contributed by atoms with Gasteiger partial charge in [-0.05, 0) is 68.2 Å². The summed E-state index contributed by atoms with van der Waals surface area (Å²) in [6.07, 6.45) is 8.18. The number of benzene rings is 1. The third-order valence-electron chi connectivity index (χ3n) is 7.30. The molecule has 2 aliphatic heterocycles. The molecule has 1 spiro atoms. The standard InChI is InChI=1S/C25H30N4O2/c30-23(28-14-4-1-5-15-28)21-18-25(21)11-16-29(17-12-25)24(31)27-20-9-7-19(8-10-20)22-6-2-3-13-26-22/h2-3,6-10,13,21H,1,4-5,11-12,14-18H2,(H,27,31). The third-order valence-corrected chi connectivity index (χ3v) is 7.30. The van der Waals surface area contributed by atoms with E-state index in [1.807, 2.05) is 47.4 Å². The van der Waals surface area contributed by atoms with Crippen molar-refractivity contribution >= 4 is 17.6 Å². The number of carbonyl (C=O) groups is 2. The number of nitrogens with one attached hydrogen (secondary N) is 1. The molecule has 3 amide bonds. The SMILES string of the molecule is O=C(Nc1ccc(-c2ccccn2)cc1)N1CCC2(CC1)CC2C(=O)N1CCCCC1. The minimum atomic E-state index is -0.0556. The summed E-state index contributed by atoms with van der Waals surface area (Å²) in [7, 11) is 0. The summed E-state index contributed by atoms with van der Waals surface area (Å²) in [5.41, 5.74) is 2.88. The molecule has 3 heterocycles. The van der Waals surface area contributed by atoms with E-state index >= 15 is 0 Å². The van der Waals surface area contributed by atoms with Gasteiger partial charge in [0.2, 0.25) is 5.91 Å². The summed E-state index contributed by atoms with van der Waals surface area (Å²) in [5.74, 6) is 0.556. The highest BCUT2D eigenvalue weighted by molar-refractivity contribution is 5.90. The first-order valence-corrected chi connectivity index (χ1v) is 11.5. The summed E-state index contributed by atoms with van der Waals surface area (Å²) >= 11 is 0. The van der Waals surface area contributed by atoms with E-state index in [2.05, 4.69) is 15.2 Å². The van der Waals surface area contributed by atoms with Gasteiger partial charge in [-0.25, -0.2) is 4.79 Å². The van der Waals surface area contributed by atoms with Gasteiger partial charge in [0, 0.05) is 49.5 Å². The fraction of sp³-hybridized carbons (Fsp3) is 0.480. The van der Waals surface area contributed by atoms with Crippen molar-refractivity contribution in [1.29, 1.82) is 0 Å². The van der Waals surface area contributed by atoms with E-state index in [0.717, 1.165) is 75.2 Å². The maximum atomic E-state index is 12.8. The van der Waals surface area contributed by atoms with E-state index in [9.17, 15) is 9.59 Å². The van der Waals surface area contributed by atoms with E-state index in [1.165, 1.54) is 6.42 Å². The van der Waals surface area contributed by atoms with Gasteiger partial charge in [-0.3, -0.25) is 9.78 Å². The normalized spacial score (nSPS) is 22.3. The number of carbonyl (C=O) groups excluding carboxylic acids is 2. The van der Waals surface area contributed by atoms with Gasteiger partial charge in [0.25, 0.3) is 0 Å². The molecule has 162 valence electrons. The van der Waals surface area contributed by atoms with Crippen molar-refractivity contribution in [2.24, 2.45) is 11.3 Å². The molecule has 6 heteroatoms. The number of piperidine rings is 2. The molecule has 0 bridgehead atoms. The Bertz CT molecular complexity index is 930. The molecule has 0 radical (unpaired) electrons. The molecule has 5 rings (SSSR count). The first-order chi connectivity index (χ1) is 15.1. The molecule has 3 fully saturated rings. The minimum Gasteiger partial charge on any atom is -0.342 e. The zero-order valence-corrected chi connectivity index (χ0v) is 17.9. The Morgan fingerprint density at radius 3 is 2.32 bits per heavy atom. The van der Waals surface area contributed by atoms with Gasteiger partial charge in [0.1, 0.15) is 0 Å². The lowest BCUT2D eigenvalue weighted by Gasteiger charge is -2.34. The number of amides is 3. The largest absolute Gasteiger partial charge is 0.342 e. The number of pyridine rings is 1. The predicted octanol–water partition coefficient (Wildman–Crippen LogP) is 4.40. The molecule has 1 N–H and O–H groups in total. The van der Waals surface area contributed by atoms with Crippen molar-refractivity contribution in [1.82, 2.24) is 14.8 Å². The van der Waals surface area contributed by atoms with Crippen LogP contribution in [0.1, 0.15) is 38.5 Å². The van der Waals surface area contributed by atoms with Gasteiger partial charge in [0.15, 0.2) is 0 Å². The lowest BCUT2D eigenvalue weighted by molar-refractivity contribution is -0.134. The summed E-state index contributed by atoms with van der Waals surface area (Å²) in [6, 6.07) is 13.6. The van der Waals surface area contributed by atoms with E-state index in [0.29, 0.717) is 5.91 Å². The summed E-state index contributed by atoms with van der Waals surface area (Å²) in [6.45, 7) is 3.31. The molecule has 3 aliphatic rings. The van der Waals surface area contributed by atoms with Crippen molar-refractivity contribution < 1.29 is 9.59 Å². The Balaban J connectivity index is 1.13. The van der Waals surface area contributed by atoms with Crippen molar-refractivity contribution in [3.8, 4) is 11.3 Å². The van der Waals surface area contributed by atoms with Gasteiger partial charge in [-0.2, -0.15) is 0 Å². The van der Waals surface area contributed by atoms with Gasteiger partial charge >= 0.3 is 6.03 Å². The summed E-state index contributed by atoms with van der Waals surface area (Å²) < 4.78 is 0. The van der Waals surface area contributed by atoms with E-state index < -0.39 is 0 Å². The highest BCUT2D eigenvalue weighted by Gasteiger charge is 2.59. The molecule has 1 aromatic heterocycles. The maximum Gasteiger partial charge on any atom is 0.321 e. The smallest absolute Gasteiger partial charge is 0.321 e. The number of hydrogen-bond acceptors (Lipinski definition) is 3. The molecule has 1 atom stereocenters. The van der Waals surface area contributed by atoms with Gasteiger partial charge in [0.05, 0.1) is 5.69 Å². The van der Waals surface area contributed by atoms with Crippen LogP contribution in [0.4, 0.5) is 10.5 Å². The van der Waals surface area contributed by atoms with Gasteiger partial charge < -0.3 is 15.1 Å². The number of likely N-dealkylation sites (tertiary alicyclic amines) is 2. The Kier molecular flexibility index (Phi) is 5.38. The summed E-state index contributed by atoms with van der Waals surface area (Å²) in [5, 5.41) is 3.02. The van der Waals surface area contributed by atoms with Crippen LogP contribution in [0.3, 0.4) is 0 Å². The van der Waals surface area contributed by atoms with Crippen LogP contribution >= 0.6 is 0 Å². The predicted molar refractivity (Wildman–Crippen MR) is 120 cm³/mol. The van der Waals surface area contributed by atoms with Gasteiger partial charge in [-0.1, -0.05) is 18.2 Å². The van der Waals surface area contributed by atoms with E-state index in [1.54, 1.807) is 6.20 Å². The zero-order valence-electron chi connectivity index (χ0n) is 17.9. The Hall–Kier alpha value is -2.89. The van der Waals surface area contributed by atoms with Crippen molar-refractivity contribution in [2.45, 2.75) is 38.5 Å². The van der Waals surface area contributed by atoms with Crippen LogP contribution in [0.15, 0.2) is 48.7 Å². The van der Waals surface area contributed by atoms with Crippen molar-refractivity contribution in [3.63, 3.8) is 0 Å². The molecule has 1 aromatic carbocycles. The monoisotopic (exact) mass is 418 g/mol. The van der Waals surface area contributed by atoms with Crippen molar-refractivity contribution in [3.05, 3.63) is 48.7 Å². The molecular formula is C25H30N4O2. The highest BCUT2D eigenvalue weighted by Crippen LogP contribution is 2.60. The maximum absolute atomic E-state index is 12.8. The average Bonchev–Trinajstić information content (AvgIpc) is 3.53. The molecule has 1 unspecified atom stereocenters. The third kappa shape index (κ3) is 4.16. The van der Waals surface area contributed by atoms with Crippen molar-refractivity contribution in [2.75, 3.05) is 31.5 Å². The van der Waals surface area contributed by atoms with Crippen LogP contribution in [0.25, 0.3) is 11.3 Å². The van der Waals surface area contributed by atoms with E-state index in [-0.39, 0.29) is 17.4 Å². The fourth-order valence-corrected chi connectivity index (χ4v) is 5.20. The second kappa shape index (κ2) is 8.33. The van der Waals surface area contributed by atoms with Crippen LogP contribution < -0.4 is 5.32 Å². The number of anilines is 1. The molecule has 1 saturated carbocycles. The Morgan fingerprint density at radius 1 is 0.903 bits per heavy atom. The van der Waals surface area contributed by atoms with Crippen LogP contribution in [0.2, 0.25) is 0 Å². The first-order valence-electron chi connectivity index (χ1n) is 11.5. The number of nitrogens with zero attached hydrogens (tertiary/aromatic N) is 3. The molecular weight excluding hydrogens is 388 g/mol. The van der Waals surface area contributed by atoms with Gasteiger partial charge in [-0.15, -0.1) is 0 Å². The van der Waals surface area contributed by atoms with E-state index in [4.69, 9.17) is 0 Å². The molecule has 2 saturated heterocycles. The lowest BCUT2D eigenvalue weighted by Crippen LogP contribution is -2.43. The van der Waals surface area contributed by atoms with Crippen LogP contribution in [0.5, 0.6) is 0 Å². The fourth-order valence-electron chi connectivity index (χ4n) is 5.20. The second-order valence-electron chi connectivity index (χ2n) is 9.21. The minimum absolute atomic E-state index is 0.0556. The Morgan fingerprint density at radius 2 is 1.65 bits per heavy atom. The lowest BCUT2D eigenvalue weighted by atomic mass is 9.90. The van der Waals surface area contributed by atoms with Crippen LogP contribution in [-0.4, -0.2) is 52.9 Å². The first kappa shape index (κ1) is 20.0. The number of hydrogen-bond donors (Lipinski definition) is 1. The quantitative estimate of drug-likeness (QED) is 0.804. The zero-order chi connectivity index (χ0) is 21.3. The number of urea groups is 1. The number of rotatable bonds is 3. The van der Waals surface area contributed by atoms with Crippen LogP contribution in [0, 0.1) is 11.3 Å².